The Morgan fingerprint density at radius 2 is 2.22 bits per heavy atom. The minimum atomic E-state index is -0.296. The van der Waals surface area contributed by atoms with Gasteiger partial charge in [-0.1, -0.05) is 0 Å². The Kier molecular flexibility index (Phi) is 1.14. The van der Waals surface area contributed by atoms with Crippen molar-refractivity contribution in [2.75, 3.05) is 11.6 Å². The molecule has 1 aromatic heterocycles. The van der Waals surface area contributed by atoms with E-state index in [0.29, 0.717) is 5.69 Å². The maximum absolute atomic E-state index is 10.6. The van der Waals surface area contributed by atoms with Gasteiger partial charge in [0.15, 0.2) is 0 Å². The van der Waals surface area contributed by atoms with Crippen molar-refractivity contribution in [1.82, 2.24) is 4.68 Å². The van der Waals surface area contributed by atoms with Gasteiger partial charge in [0, 0.05) is 18.0 Å². The number of hydrogen-bond donors (Lipinski definition) is 2. The quantitative estimate of drug-likeness (QED) is 0.443. The van der Waals surface area contributed by atoms with Crippen LogP contribution in [0.25, 0.3) is 0 Å². The van der Waals surface area contributed by atoms with E-state index < -0.39 is 0 Å². The van der Waals surface area contributed by atoms with Gasteiger partial charge in [-0.05, 0) is 6.07 Å². The second kappa shape index (κ2) is 1.81. The van der Waals surface area contributed by atoms with Gasteiger partial charge in [0.25, 0.3) is 5.56 Å². The van der Waals surface area contributed by atoms with Gasteiger partial charge in [0.1, 0.15) is 0 Å². The minimum absolute atomic E-state index is 0.296. The van der Waals surface area contributed by atoms with E-state index in [2.05, 4.69) is 0 Å². The number of nitrogens with zero attached hydrogens (tertiary/aromatic N) is 1. The average molecular weight is 125 g/mol. The fourth-order valence-corrected chi connectivity index (χ4v) is 0.505. The monoisotopic (exact) mass is 125 g/mol. The summed E-state index contributed by atoms with van der Waals surface area (Å²) in [5.74, 6) is 5.14. The van der Waals surface area contributed by atoms with Crippen molar-refractivity contribution < 1.29 is 0 Å². The number of pyridine rings is 1. The van der Waals surface area contributed by atoms with Crippen LogP contribution in [0.2, 0.25) is 0 Å². The minimum Gasteiger partial charge on any atom is -0.399 e. The molecule has 1 rings (SSSR count). The van der Waals surface area contributed by atoms with Crippen LogP contribution in [-0.2, 0) is 0 Å². The molecule has 4 N–H and O–H groups in total. The number of hydrogen-bond acceptors (Lipinski definition) is 3. The molecule has 0 aliphatic carbocycles. The molecule has 48 valence electrons. The van der Waals surface area contributed by atoms with Gasteiger partial charge >= 0.3 is 0 Å². The van der Waals surface area contributed by atoms with Gasteiger partial charge in [-0.3, -0.25) is 4.79 Å². The van der Waals surface area contributed by atoms with Crippen molar-refractivity contribution in [2.24, 2.45) is 0 Å². The van der Waals surface area contributed by atoms with E-state index in [1.165, 1.54) is 12.3 Å². The summed E-state index contributed by atoms with van der Waals surface area (Å²) in [5.41, 5.74) is 5.39. The van der Waals surface area contributed by atoms with Crippen LogP contribution in [0.3, 0.4) is 0 Å². The smallest absolute Gasteiger partial charge is 0.270 e. The molecule has 0 saturated heterocycles. The molecule has 1 heterocycles. The summed E-state index contributed by atoms with van der Waals surface area (Å²) < 4.78 is 0.969. The summed E-state index contributed by atoms with van der Waals surface area (Å²) in [6.45, 7) is 0. The number of nitrogens with two attached hydrogens (primary N) is 2. The third kappa shape index (κ3) is 1.02. The van der Waals surface area contributed by atoms with Crippen LogP contribution >= 0.6 is 0 Å². The molecule has 0 atom stereocenters. The largest absolute Gasteiger partial charge is 0.399 e. The van der Waals surface area contributed by atoms with Crippen LogP contribution in [0.5, 0.6) is 0 Å². The molecule has 0 aliphatic rings. The predicted molar refractivity (Wildman–Crippen MR) is 35.3 cm³/mol. The lowest BCUT2D eigenvalue weighted by Gasteiger charge is -1.94. The first-order valence-corrected chi connectivity index (χ1v) is 2.43. The number of anilines is 1. The summed E-state index contributed by atoms with van der Waals surface area (Å²) in [6.07, 6.45) is 1.41. The second-order valence-electron chi connectivity index (χ2n) is 1.71. The Balaban J connectivity index is 3.34. The van der Waals surface area contributed by atoms with E-state index in [9.17, 15) is 4.79 Å². The maximum Gasteiger partial charge on any atom is 0.270 e. The zero-order chi connectivity index (χ0) is 6.85. The molecule has 0 amide bonds. The van der Waals surface area contributed by atoms with Gasteiger partial charge in [-0.2, -0.15) is 0 Å². The molecule has 0 spiro atoms. The maximum atomic E-state index is 10.6. The number of aromatic nitrogens is 1. The van der Waals surface area contributed by atoms with E-state index in [-0.39, 0.29) is 5.56 Å². The average Bonchev–Trinajstić information content (AvgIpc) is 1.80. The Morgan fingerprint density at radius 3 is 2.67 bits per heavy atom. The number of nitrogen functional groups attached to an aromatic ring is 2. The zero-order valence-corrected chi connectivity index (χ0v) is 4.74. The second-order valence-corrected chi connectivity index (χ2v) is 1.71. The van der Waals surface area contributed by atoms with Crippen molar-refractivity contribution in [3.05, 3.63) is 28.7 Å². The highest BCUT2D eigenvalue weighted by molar-refractivity contribution is 5.34. The van der Waals surface area contributed by atoms with Gasteiger partial charge in [0.2, 0.25) is 0 Å². The van der Waals surface area contributed by atoms with E-state index in [0.717, 1.165) is 4.68 Å². The zero-order valence-electron chi connectivity index (χ0n) is 4.74. The van der Waals surface area contributed by atoms with E-state index >= 15 is 0 Å². The molecule has 0 aromatic carbocycles. The predicted octanol–water partition coefficient (Wildman–Crippen LogP) is -0.856. The summed E-state index contributed by atoms with van der Waals surface area (Å²) in [4.78, 5) is 10.6. The van der Waals surface area contributed by atoms with Gasteiger partial charge in [-0.25, -0.2) is 4.68 Å². The Labute approximate surface area is 51.7 Å². The van der Waals surface area contributed by atoms with Crippen molar-refractivity contribution in [3.8, 4) is 0 Å². The van der Waals surface area contributed by atoms with Gasteiger partial charge in [0.05, 0.1) is 0 Å². The lowest BCUT2D eigenvalue weighted by atomic mass is 10.4. The molecule has 4 nitrogen and oxygen atoms in total. The SMILES string of the molecule is Nc1ccn(N)c(=O)c1. The van der Waals surface area contributed by atoms with Crippen LogP contribution in [0, 0.1) is 0 Å². The highest BCUT2D eigenvalue weighted by atomic mass is 16.1. The topological polar surface area (TPSA) is 74.0 Å². The van der Waals surface area contributed by atoms with E-state index in [1.807, 2.05) is 0 Å². The third-order valence-electron chi connectivity index (χ3n) is 0.972. The molecule has 1 aromatic rings. The molecule has 0 radical (unpaired) electrons. The molecule has 0 fully saturated rings. The van der Waals surface area contributed by atoms with Crippen LogP contribution < -0.4 is 17.1 Å². The summed E-state index contributed by atoms with van der Waals surface area (Å²) in [7, 11) is 0. The number of rotatable bonds is 0. The van der Waals surface area contributed by atoms with Crippen molar-refractivity contribution >= 4 is 5.69 Å². The van der Waals surface area contributed by atoms with Gasteiger partial charge < -0.3 is 11.6 Å². The van der Waals surface area contributed by atoms with Crippen LogP contribution in [0.1, 0.15) is 0 Å². The lowest BCUT2D eigenvalue weighted by Crippen LogP contribution is -2.25. The highest BCUT2D eigenvalue weighted by Crippen LogP contribution is 1.90. The van der Waals surface area contributed by atoms with Crippen molar-refractivity contribution in [3.63, 3.8) is 0 Å². The van der Waals surface area contributed by atoms with E-state index in [4.69, 9.17) is 11.6 Å². The highest BCUT2D eigenvalue weighted by Gasteiger charge is 1.87. The first-order valence-electron chi connectivity index (χ1n) is 2.43. The van der Waals surface area contributed by atoms with Gasteiger partial charge in [-0.15, -0.1) is 0 Å². The molecule has 0 bridgehead atoms. The lowest BCUT2D eigenvalue weighted by molar-refractivity contribution is 0.939. The normalized spacial score (nSPS) is 9.33. The molecule has 9 heavy (non-hydrogen) atoms. The first-order chi connectivity index (χ1) is 4.20. The molecule has 4 heteroatoms. The summed E-state index contributed by atoms with van der Waals surface area (Å²) in [5, 5.41) is 0. The molecule has 0 saturated carbocycles. The Bertz CT molecular complexity index is 265. The van der Waals surface area contributed by atoms with Crippen LogP contribution in [-0.4, -0.2) is 4.68 Å². The molecular weight excluding hydrogens is 118 g/mol. The summed E-state index contributed by atoms with van der Waals surface area (Å²) >= 11 is 0. The van der Waals surface area contributed by atoms with E-state index in [1.54, 1.807) is 6.07 Å². The van der Waals surface area contributed by atoms with Crippen LogP contribution in [0.15, 0.2) is 23.1 Å². The first kappa shape index (κ1) is 5.68. The third-order valence-corrected chi connectivity index (χ3v) is 0.972. The molecule has 0 aliphatic heterocycles. The molecular formula is C5H7N3O. The fourth-order valence-electron chi connectivity index (χ4n) is 0.505. The fraction of sp³-hybridized carbons (Fsp3) is 0. The van der Waals surface area contributed by atoms with Crippen molar-refractivity contribution in [2.45, 2.75) is 0 Å². The summed E-state index contributed by atoms with van der Waals surface area (Å²) in [6, 6.07) is 2.82. The molecule has 0 unspecified atom stereocenters. The Morgan fingerprint density at radius 1 is 1.56 bits per heavy atom. The Hall–Kier alpha value is -1.45. The standard InChI is InChI=1S/C5H7N3O/c6-4-1-2-8(7)5(9)3-4/h1-3H,6-7H2. The van der Waals surface area contributed by atoms with Crippen molar-refractivity contribution in [1.29, 1.82) is 0 Å². The van der Waals surface area contributed by atoms with Crippen LogP contribution in [0.4, 0.5) is 5.69 Å².